The molecule has 0 bridgehead atoms. The first kappa shape index (κ1) is 21.4. The van der Waals surface area contributed by atoms with Crippen molar-refractivity contribution < 1.29 is 14.6 Å². The molecule has 32 heavy (non-hydrogen) atoms. The van der Waals surface area contributed by atoms with E-state index in [9.17, 15) is 9.90 Å². The molecule has 1 spiro atoms. The Kier molecular flexibility index (Phi) is 5.92. The van der Waals surface area contributed by atoms with Gasteiger partial charge >= 0.3 is 0 Å². The number of aliphatic hydroxyl groups excluding tert-OH is 1. The van der Waals surface area contributed by atoms with E-state index in [4.69, 9.17) is 16.3 Å². The Labute approximate surface area is 192 Å². The number of rotatable bonds is 5. The standard InChI is InChI=1S/C23H28ClN5O3/c24-16-1-2-20-19(13-16)23(21(31)27-20)5-9-28(10-6-23)11-12-32-18-14-25-22(26-15-18)29-7-3-17(30)4-8-29/h1-2,13-15,17,30H,3-12H2,(H,27,31). The molecule has 1 aromatic carbocycles. The summed E-state index contributed by atoms with van der Waals surface area (Å²) >= 11 is 6.20. The van der Waals surface area contributed by atoms with Crippen LogP contribution in [0.2, 0.25) is 5.02 Å². The molecule has 3 aliphatic rings. The van der Waals surface area contributed by atoms with Crippen LogP contribution in [0.25, 0.3) is 0 Å². The van der Waals surface area contributed by atoms with Crippen LogP contribution in [-0.4, -0.2) is 71.3 Å². The van der Waals surface area contributed by atoms with Crippen molar-refractivity contribution in [3.63, 3.8) is 0 Å². The summed E-state index contributed by atoms with van der Waals surface area (Å²) in [6, 6.07) is 5.65. The number of hydrogen-bond acceptors (Lipinski definition) is 7. The first-order chi connectivity index (χ1) is 15.5. The summed E-state index contributed by atoms with van der Waals surface area (Å²) in [5.74, 6) is 1.42. The van der Waals surface area contributed by atoms with Gasteiger partial charge in [0, 0.05) is 30.3 Å². The molecule has 0 atom stereocenters. The molecule has 1 amide bonds. The average Bonchev–Trinajstić information content (AvgIpc) is 3.07. The lowest BCUT2D eigenvalue weighted by Gasteiger charge is -2.37. The van der Waals surface area contributed by atoms with Crippen LogP contribution >= 0.6 is 11.6 Å². The summed E-state index contributed by atoms with van der Waals surface area (Å²) in [7, 11) is 0. The second kappa shape index (κ2) is 8.84. The van der Waals surface area contributed by atoms with Crippen LogP contribution < -0.4 is 15.0 Å². The number of ether oxygens (including phenoxy) is 1. The van der Waals surface area contributed by atoms with E-state index >= 15 is 0 Å². The van der Waals surface area contributed by atoms with E-state index in [1.54, 1.807) is 12.4 Å². The number of nitrogens with zero attached hydrogens (tertiary/aromatic N) is 4. The molecule has 5 rings (SSSR count). The van der Waals surface area contributed by atoms with Crippen molar-refractivity contribution in [3.8, 4) is 5.75 Å². The molecule has 0 radical (unpaired) electrons. The van der Waals surface area contributed by atoms with Crippen molar-refractivity contribution in [1.82, 2.24) is 14.9 Å². The third-order valence-electron chi connectivity index (χ3n) is 6.93. The Hall–Kier alpha value is -2.42. The fraction of sp³-hybridized carbons (Fsp3) is 0.522. The zero-order valence-corrected chi connectivity index (χ0v) is 18.7. The molecule has 0 saturated carbocycles. The minimum Gasteiger partial charge on any atom is -0.489 e. The van der Waals surface area contributed by atoms with E-state index < -0.39 is 5.41 Å². The van der Waals surface area contributed by atoms with Crippen LogP contribution in [0.15, 0.2) is 30.6 Å². The number of likely N-dealkylation sites (tertiary alicyclic amines) is 1. The maximum absolute atomic E-state index is 12.8. The van der Waals surface area contributed by atoms with Gasteiger partial charge in [-0.1, -0.05) is 11.6 Å². The predicted octanol–water partition coefficient (Wildman–Crippen LogP) is 2.46. The molecular weight excluding hydrogens is 430 g/mol. The van der Waals surface area contributed by atoms with Crippen LogP contribution in [0.3, 0.4) is 0 Å². The van der Waals surface area contributed by atoms with Crippen molar-refractivity contribution in [2.45, 2.75) is 37.2 Å². The number of aromatic nitrogens is 2. The summed E-state index contributed by atoms with van der Waals surface area (Å²) in [5, 5.41) is 13.3. The number of aliphatic hydroxyl groups is 1. The zero-order valence-electron chi connectivity index (χ0n) is 18.0. The van der Waals surface area contributed by atoms with E-state index in [2.05, 4.69) is 25.1 Å². The van der Waals surface area contributed by atoms with Gasteiger partial charge in [-0.3, -0.25) is 9.69 Å². The number of amides is 1. The van der Waals surface area contributed by atoms with Crippen LogP contribution in [0.4, 0.5) is 11.6 Å². The van der Waals surface area contributed by atoms with Gasteiger partial charge in [0.1, 0.15) is 6.61 Å². The van der Waals surface area contributed by atoms with Gasteiger partial charge in [-0.2, -0.15) is 0 Å². The summed E-state index contributed by atoms with van der Waals surface area (Å²) < 4.78 is 5.86. The molecular formula is C23H28ClN5O3. The Bertz CT molecular complexity index is 970. The number of halogens is 1. The van der Waals surface area contributed by atoms with Crippen molar-refractivity contribution in [3.05, 3.63) is 41.2 Å². The average molecular weight is 458 g/mol. The first-order valence-electron chi connectivity index (χ1n) is 11.3. The third kappa shape index (κ3) is 4.14. The maximum atomic E-state index is 12.8. The largest absolute Gasteiger partial charge is 0.489 e. The lowest BCUT2D eigenvalue weighted by molar-refractivity contribution is -0.122. The minimum absolute atomic E-state index is 0.0890. The second-order valence-electron chi connectivity index (χ2n) is 8.85. The number of hydrogen-bond donors (Lipinski definition) is 2. The molecule has 0 unspecified atom stereocenters. The van der Waals surface area contributed by atoms with Gasteiger partial charge in [0.25, 0.3) is 0 Å². The Morgan fingerprint density at radius 1 is 1.16 bits per heavy atom. The lowest BCUT2D eigenvalue weighted by atomic mass is 9.73. The van der Waals surface area contributed by atoms with Crippen molar-refractivity contribution in [1.29, 1.82) is 0 Å². The molecule has 3 aliphatic heterocycles. The quantitative estimate of drug-likeness (QED) is 0.712. The maximum Gasteiger partial charge on any atom is 0.235 e. The van der Waals surface area contributed by atoms with E-state index in [0.717, 1.165) is 69.7 Å². The van der Waals surface area contributed by atoms with Gasteiger partial charge in [-0.15, -0.1) is 0 Å². The Morgan fingerprint density at radius 3 is 2.59 bits per heavy atom. The fourth-order valence-electron chi connectivity index (χ4n) is 4.95. The number of nitrogens with one attached hydrogen (secondary N) is 1. The summed E-state index contributed by atoms with van der Waals surface area (Å²) in [5.41, 5.74) is 1.46. The van der Waals surface area contributed by atoms with E-state index in [0.29, 0.717) is 23.3 Å². The highest BCUT2D eigenvalue weighted by atomic mass is 35.5. The summed E-state index contributed by atoms with van der Waals surface area (Å²) in [4.78, 5) is 26.0. The zero-order chi connectivity index (χ0) is 22.1. The lowest BCUT2D eigenvalue weighted by Crippen LogP contribution is -2.47. The van der Waals surface area contributed by atoms with Crippen LogP contribution in [-0.2, 0) is 10.2 Å². The molecule has 170 valence electrons. The van der Waals surface area contributed by atoms with E-state index in [-0.39, 0.29) is 12.0 Å². The number of fused-ring (bicyclic) bond motifs is 2. The predicted molar refractivity (Wildman–Crippen MR) is 122 cm³/mol. The van der Waals surface area contributed by atoms with Crippen LogP contribution in [0.1, 0.15) is 31.2 Å². The topological polar surface area (TPSA) is 90.8 Å². The highest BCUT2D eigenvalue weighted by Gasteiger charge is 2.48. The molecule has 2 aromatic rings. The number of piperidine rings is 2. The molecule has 0 aliphatic carbocycles. The highest BCUT2D eigenvalue weighted by Crippen LogP contribution is 2.45. The molecule has 8 nitrogen and oxygen atoms in total. The molecule has 9 heteroatoms. The minimum atomic E-state index is -0.467. The molecule has 2 saturated heterocycles. The second-order valence-corrected chi connectivity index (χ2v) is 9.29. The monoisotopic (exact) mass is 457 g/mol. The molecule has 4 heterocycles. The van der Waals surface area contributed by atoms with Crippen LogP contribution in [0, 0.1) is 0 Å². The number of benzene rings is 1. The highest BCUT2D eigenvalue weighted by molar-refractivity contribution is 6.31. The van der Waals surface area contributed by atoms with Crippen molar-refractivity contribution in [2.24, 2.45) is 0 Å². The Morgan fingerprint density at radius 2 is 1.88 bits per heavy atom. The number of anilines is 2. The first-order valence-corrected chi connectivity index (χ1v) is 11.6. The Balaban J connectivity index is 1.11. The van der Waals surface area contributed by atoms with Gasteiger partial charge in [-0.05, 0) is 62.5 Å². The van der Waals surface area contributed by atoms with Crippen LogP contribution in [0.5, 0.6) is 5.75 Å². The van der Waals surface area contributed by atoms with Crippen molar-refractivity contribution >= 4 is 29.1 Å². The SMILES string of the molecule is O=C1Nc2ccc(Cl)cc2C12CCN(CCOc1cnc(N3CCC(O)CC3)nc1)CC2. The molecule has 1 aromatic heterocycles. The van der Waals surface area contributed by atoms with Gasteiger partial charge in [0.05, 0.1) is 23.9 Å². The molecule has 2 N–H and O–H groups in total. The van der Waals surface area contributed by atoms with E-state index in [1.165, 1.54) is 0 Å². The normalized spacial score (nSPS) is 20.9. The summed E-state index contributed by atoms with van der Waals surface area (Å²) in [6.45, 7) is 4.53. The van der Waals surface area contributed by atoms with Crippen molar-refractivity contribution in [2.75, 3.05) is 49.5 Å². The molecule has 2 fully saturated rings. The smallest absolute Gasteiger partial charge is 0.235 e. The fourth-order valence-corrected chi connectivity index (χ4v) is 5.12. The van der Waals surface area contributed by atoms with Gasteiger partial charge in [-0.25, -0.2) is 9.97 Å². The number of carbonyl (C=O) groups is 1. The third-order valence-corrected chi connectivity index (χ3v) is 7.16. The van der Waals surface area contributed by atoms with Gasteiger partial charge in [0.2, 0.25) is 11.9 Å². The van der Waals surface area contributed by atoms with Gasteiger partial charge < -0.3 is 20.1 Å². The summed E-state index contributed by atoms with van der Waals surface area (Å²) in [6.07, 6.45) is 6.25. The van der Waals surface area contributed by atoms with Gasteiger partial charge in [0.15, 0.2) is 5.75 Å². The van der Waals surface area contributed by atoms with E-state index in [1.807, 2.05) is 18.2 Å². The number of carbonyl (C=O) groups excluding carboxylic acids is 1.